The molecule has 50 valence electrons. The van der Waals surface area contributed by atoms with Gasteiger partial charge >= 0.3 is 0 Å². The highest BCUT2D eigenvalue weighted by atomic mass is 16.2. The minimum absolute atomic E-state index is 0.277. The second kappa shape index (κ2) is 2.86. The lowest BCUT2D eigenvalue weighted by atomic mass is 10.3. The third-order valence-corrected chi connectivity index (χ3v) is 0.602. The Labute approximate surface area is 52.5 Å². The summed E-state index contributed by atoms with van der Waals surface area (Å²) in [4.78, 5) is 20.3. The predicted molar refractivity (Wildman–Crippen MR) is 32.1 cm³/mol. The van der Waals surface area contributed by atoms with Crippen LogP contribution in [0.25, 0.3) is 0 Å². The van der Waals surface area contributed by atoms with Gasteiger partial charge in [0.1, 0.15) is 0 Å². The molecule has 0 aromatic rings. The smallest absolute Gasteiger partial charge is 0.289 e. The van der Waals surface area contributed by atoms with E-state index in [2.05, 4.69) is 5.73 Å². The van der Waals surface area contributed by atoms with Crippen molar-refractivity contribution >= 4 is 11.7 Å². The van der Waals surface area contributed by atoms with Gasteiger partial charge in [-0.15, -0.1) is 0 Å². The van der Waals surface area contributed by atoms with Gasteiger partial charge in [0.05, 0.1) is 0 Å². The number of amides is 1. The van der Waals surface area contributed by atoms with Gasteiger partial charge in [-0.25, -0.2) is 0 Å². The maximum atomic E-state index is 10.3. The summed E-state index contributed by atoms with van der Waals surface area (Å²) in [6, 6.07) is 0. The monoisotopic (exact) mass is 128 g/mol. The first kappa shape index (κ1) is 7.68. The molecule has 0 saturated heterocycles. The van der Waals surface area contributed by atoms with Crippen LogP contribution in [-0.4, -0.2) is 11.7 Å². The Bertz CT molecular complexity index is 168. The van der Waals surface area contributed by atoms with E-state index in [-0.39, 0.29) is 5.70 Å². The molecule has 4 heteroatoms. The van der Waals surface area contributed by atoms with E-state index < -0.39 is 11.7 Å². The fourth-order valence-corrected chi connectivity index (χ4v) is 0.278. The Morgan fingerprint density at radius 1 is 1.33 bits per heavy atom. The Balaban J connectivity index is 4.09. The maximum absolute atomic E-state index is 10.3. The minimum Gasteiger partial charge on any atom is -0.402 e. The van der Waals surface area contributed by atoms with E-state index in [1.807, 2.05) is 0 Å². The van der Waals surface area contributed by atoms with Gasteiger partial charge in [0, 0.05) is 11.8 Å². The quantitative estimate of drug-likeness (QED) is 0.365. The summed E-state index contributed by atoms with van der Waals surface area (Å²) < 4.78 is 0. The lowest BCUT2D eigenvalue weighted by molar-refractivity contribution is -0.133. The summed E-state index contributed by atoms with van der Waals surface area (Å²) in [5, 5.41) is 0. The van der Waals surface area contributed by atoms with Crippen LogP contribution in [0.5, 0.6) is 0 Å². The Kier molecular flexibility index (Phi) is 2.44. The van der Waals surface area contributed by atoms with Gasteiger partial charge < -0.3 is 11.5 Å². The van der Waals surface area contributed by atoms with Crippen molar-refractivity contribution in [2.75, 3.05) is 0 Å². The van der Waals surface area contributed by atoms with Gasteiger partial charge in [0.25, 0.3) is 5.91 Å². The molecule has 0 aliphatic carbocycles. The molecule has 1 amide bonds. The second-order valence-electron chi connectivity index (χ2n) is 1.62. The fraction of sp³-hybridized carbons (Fsp3) is 0.200. The van der Waals surface area contributed by atoms with Crippen LogP contribution in [0.4, 0.5) is 0 Å². The van der Waals surface area contributed by atoms with Crippen LogP contribution < -0.4 is 11.5 Å². The van der Waals surface area contributed by atoms with E-state index >= 15 is 0 Å². The molecule has 0 aromatic carbocycles. The lowest BCUT2D eigenvalue weighted by Gasteiger charge is -1.86. The Morgan fingerprint density at radius 2 is 1.78 bits per heavy atom. The van der Waals surface area contributed by atoms with E-state index in [9.17, 15) is 9.59 Å². The molecule has 0 rings (SSSR count). The van der Waals surface area contributed by atoms with E-state index in [0.717, 1.165) is 6.08 Å². The third-order valence-electron chi connectivity index (χ3n) is 0.602. The number of hydrogen-bond acceptors (Lipinski definition) is 3. The number of rotatable bonds is 2. The van der Waals surface area contributed by atoms with Crippen molar-refractivity contribution in [3.8, 4) is 0 Å². The van der Waals surface area contributed by atoms with E-state index in [0.29, 0.717) is 0 Å². The number of hydrogen-bond donors (Lipinski definition) is 2. The zero-order valence-electron chi connectivity index (χ0n) is 5.05. The highest BCUT2D eigenvalue weighted by Crippen LogP contribution is 1.79. The summed E-state index contributed by atoms with van der Waals surface area (Å²) >= 11 is 0. The Morgan fingerprint density at radius 3 is 1.89 bits per heavy atom. The van der Waals surface area contributed by atoms with Crippen molar-refractivity contribution in [3.63, 3.8) is 0 Å². The predicted octanol–water partition coefficient (Wildman–Crippen LogP) is -1.10. The van der Waals surface area contributed by atoms with Crippen LogP contribution in [0.1, 0.15) is 6.92 Å². The van der Waals surface area contributed by atoms with E-state index in [4.69, 9.17) is 5.73 Å². The van der Waals surface area contributed by atoms with Gasteiger partial charge in [-0.05, 0) is 6.92 Å². The van der Waals surface area contributed by atoms with Crippen LogP contribution in [0.2, 0.25) is 0 Å². The van der Waals surface area contributed by atoms with Crippen LogP contribution >= 0.6 is 0 Å². The highest BCUT2D eigenvalue weighted by molar-refractivity contribution is 6.40. The zero-order valence-corrected chi connectivity index (χ0v) is 5.05. The van der Waals surface area contributed by atoms with Crippen molar-refractivity contribution in [1.82, 2.24) is 0 Å². The summed E-state index contributed by atoms with van der Waals surface area (Å²) in [5.74, 6) is -1.75. The zero-order chi connectivity index (χ0) is 7.44. The third kappa shape index (κ3) is 3.28. The van der Waals surface area contributed by atoms with Crippen molar-refractivity contribution < 1.29 is 9.59 Å². The molecule has 0 saturated carbocycles. The first-order valence-corrected chi connectivity index (χ1v) is 2.31. The number of carbonyl (C=O) groups is 2. The standard InChI is InChI=1S/C5H8N2O2/c1-3(6)2-4(8)5(7)9/h2H,6H2,1H3,(H2,7,9). The SMILES string of the molecule is CC(N)=CC(=O)C(N)=O. The average Bonchev–Trinajstić information content (AvgIpc) is 1.63. The van der Waals surface area contributed by atoms with Crippen LogP contribution in [0.15, 0.2) is 11.8 Å². The number of nitrogens with two attached hydrogens (primary N) is 2. The molecule has 0 aliphatic heterocycles. The van der Waals surface area contributed by atoms with Gasteiger partial charge in [0.15, 0.2) is 0 Å². The molecule has 0 spiro atoms. The second-order valence-corrected chi connectivity index (χ2v) is 1.62. The van der Waals surface area contributed by atoms with Gasteiger partial charge in [-0.2, -0.15) is 0 Å². The molecule has 0 aliphatic rings. The molecule has 0 fully saturated rings. The fourth-order valence-electron chi connectivity index (χ4n) is 0.278. The topological polar surface area (TPSA) is 86.2 Å². The lowest BCUT2D eigenvalue weighted by Crippen LogP contribution is -2.21. The van der Waals surface area contributed by atoms with Gasteiger partial charge in [0.2, 0.25) is 5.78 Å². The maximum Gasteiger partial charge on any atom is 0.289 e. The molecule has 0 radical (unpaired) electrons. The van der Waals surface area contributed by atoms with Crippen LogP contribution in [0.3, 0.4) is 0 Å². The molecule has 4 N–H and O–H groups in total. The Hall–Kier alpha value is -1.32. The molecule has 0 heterocycles. The summed E-state index contributed by atoms with van der Waals surface area (Å²) in [6.45, 7) is 1.50. The average molecular weight is 128 g/mol. The van der Waals surface area contributed by atoms with Crippen molar-refractivity contribution in [2.24, 2.45) is 11.5 Å². The molecule has 0 unspecified atom stereocenters. The van der Waals surface area contributed by atoms with Crippen LogP contribution in [-0.2, 0) is 9.59 Å². The first-order chi connectivity index (χ1) is 4.04. The highest BCUT2D eigenvalue weighted by Gasteiger charge is 2.02. The number of carbonyl (C=O) groups excluding carboxylic acids is 2. The van der Waals surface area contributed by atoms with Crippen LogP contribution in [0, 0.1) is 0 Å². The minimum atomic E-state index is -0.986. The van der Waals surface area contributed by atoms with Gasteiger partial charge in [-0.3, -0.25) is 9.59 Å². The number of primary amides is 1. The molecule has 0 aromatic heterocycles. The van der Waals surface area contributed by atoms with Gasteiger partial charge in [-0.1, -0.05) is 0 Å². The first-order valence-electron chi connectivity index (χ1n) is 2.31. The van der Waals surface area contributed by atoms with Crippen molar-refractivity contribution in [1.29, 1.82) is 0 Å². The molecule has 0 atom stereocenters. The van der Waals surface area contributed by atoms with E-state index in [1.165, 1.54) is 6.92 Å². The van der Waals surface area contributed by atoms with Crippen molar-refractivity contribution in [3.05, 3.63) is 11.8 Å². The molecular weight excluding hydrogens is 120 g/mol. The number of allylic oxidation sites excluding steroid dienone is 1. The summed E-state index contributed by atoms with van der Waals surface area (Å²) in [7, 11) is 0. The molecule has 4 nitrogen and oxygen atoms in total. The molecular formula is C5H8N2O2. The van der Waals surface area contributed by atoms with Crippen molar-refractivity contribution in [2.45, 2.75) is 6.92 Å². The summed E-state index contributed by atoms with van der Waals surface area (Å²) in [6.07, 6.45) is 0.988. The van der Waals surface area contributed by atoms with E-state index in [1.54, 1.807) is 0 Å². The normalized spacial score (nSPS) is 11.0. The largest absolute Gasteiger partial charge is 0.402 e. The summed E-state index contributed by atoms with van der Waals surface area (Å²) in [5.41, 5.74) is 9.94. The molecule has 0 bridgehead atoms. The molecule has 9 heavy (non-hydrogen) atoms. The number of ketones is 1.